The number of Topliss-reactive ketones (excluding diaryl/α,β-unsaturated/α-hetero) is 1. The molecule has 172 valence electrons. The molecule has 0 bridgehead atoms. The Morgan fingerprint density at radius 3 is 2.71 bits per heavy atom. The highest BCUT2D eigenvalue weighted by Crippen LogP contribution is 2.58. The van der Waals surface area contributed by atoms with Crippen LogP contribution in [0.5, 0.6) is 0 Å². The molecule has 0 radical (unpaired) electrons. The van der Waals surface area contributed by atoms with Crippen molar-refractivity contribution < 1.29 is 19.4 Å². The summed E-state index contributed by atoms with van der Waals surface area (Å²) in [6, 6.07) is 8.10. The van der Waals surface area contributed by atoms with E-state index in [0.717, 1.165) is 5.57 Å². The monoisotopic (exact) mass is 455 g/mol. The summed E-state index contributed by atoms with van der Waals surface area (Å²) in [6.07, 6.45) is 8.85. The predicted octanol–water partition coefficient (Wildman–Crippen LogP) is 3.06. The van der Waals surface area contributed by atoms with Gasteiger partial charge in [-0.05, 0) is 61.1 Å². The Morgan fingerprint density at radius 2 is 2.03 bits per heavy atom. The van der Waals surface area contributed by atoms with Gasteiger partial charge in [-0.25, -0.2) is 0 Å². The number of ether oxygens (including phenoxy) is 1. The molecule has 7 nitrogen and oxygen atoms in total. The molecule has 1 fully saturated rings. The highest BCUT2D eigenvalue weighted by atomic mass is 16.6. The van der Waals surface area contributed by atoms with Crippen molar-refractivity contribution in [3.05, 3.63) is 93.4 Å². The number of carbonyl (C=O) groups is 2. The van der Waals surface area contributed by atoms with Gasteiger partial charge in [-0.2, -0.15) is 5.26 Å². The number of carbonyl (C=O) groups excluding carboxylic acids is 2. The molecule has 3 aliphatic carbocycles. The SMILES string of the molecule is CC(C)C1=CC2=C(CC=C1)C1(NC(=O)c3ccc(C#N)cc3)C(=O)C3=C(N)CCC=C3C1(O)O2. The first-order valence-electron chi connectivity index (χ1n) is 11.3. The lowest BCUT2D eigenvalue weighted by Crippen LogP contribution is -2.64. The number of nitrogens with one attached hydrogen (secondary N) is 1. The van der Waals surface area contributed by atoms with Crippen molar-refractivity contribution in [2.75, 3.05) is 0 Å². The number of allylic oxidation sites excluding steroid dienone is 6. The van der Waals surface area contributed by atoms with Crippen LogP contribution in [0.1, 0.15) is 49.0 Å². The summed E-state index contributed by atoms with van der Waals surface area (Å²) in [6.45, 7) is 4.09. The normalized spacial score (nSPS) is 27.3. The molecule has 34 heavy (non-hydrogen) atoms. The van der Waals surface area contributed by atoms with E-state index in [1.54, 1.807) is 6.08 Å². The topological polar surface area (TPSA) is 125 Å². The maximum absolute atomic E-state index is 14.1. The molecular weight excluding hydrogens is 430 g/mol. The zero-order valence-corrected chi connectivity index (χ0v) is 19.0. The lowest BCUT2D eigenvalue weighted by molar-refractivity contribution is -0.163. The quantitative estimate of drug-likeness (QED) is 0.643. The summed E-state index contributed by atoms with van der Waals surface area (Å²) in [5.74, 6) is -2.56. The highest BCUT2D eigenvalue weighted by molar-refractivity contribution is 6.17. The number of rotatable bonds is 3. The van der Waals surface area contributed by atoms with Gasteiger partial charge >= 0.3 is 0 Å². The third-order valence-electron chi connectivity index (χ3n) is 6.98. The van der Waals surface area contributed by atoms with Gasteiger partial charge in [0.15, 0.2) is 5.54 Å². The van der Waals surface area contributed by atoms with Crippen molar-refractivity contribution in [3.8, 4) is 6.07 Å². The molecule has 2 unspecified atom stereocenters. The van der Waals surface area contributed by atoms with Crippen molar-refractivity contribution >= 4 is 11.7 Å². The van der Waals surface area contributed by atoms with E-state index in [1.165, 1.54) is 24.3 Å². The Labute approximate surface area is 197 Å². The van der Waals surface area contributed by atoms with Crippen molar-refractivity contribution in [2.45, 2.75) is 44.4 Å². The van der Waals surface area contributed by atoms with E-state index in [4.69, 9.17) is 15.7 Å². The van der Waals surface area contributed by atoms with Crippen LogP contribution in [0.4, 0.5) is 0 Å². The minimum Gasteiger partial charge on any atom is -0.455 e. The Bertz CT molecular complexity index is 1320. The van der Waals surface area contributed by atoms with Crippen molar-refractivity contribution in [1.82, 2.24) is 5.32 Å². The van der Waals surface area contributed by atoms with Crippen LogP contribution in [0.15, 0.2) is 82.3 Å². The van der Waals surface area contributed by atoms with Crippen molar-refractivity contribution in [1.29, 1.82) is 5.26 Å². The molecule has 1 heterocycles. The molecule has 1 aromatic carbocycles. The van der Waals surface area contributed by atoms with Gasteiger partial charge in [0.1, 0.15) is 5.76 Å². The molecule has 0 saturated heterocycles. The van der Waals surface area contributed by atoms with Gasteiger partial charge in [-0.15, -0.1) is 0 Å². The van der Waals surface area contributed by atoms with Crippen molar-refractivity contribution in [3.63, 3.8) is 0 Å². The number of nitrogens with zero attached hydrogens (tertiary/aromatic N) is 1. The van der Waals surface area contributed by atoms with Crippen LogP contribution >= 0.6 is 0 Å². The predicted molar refractivity (Wildman–Crippen MR) is 125 cm³/mol. The fraction of sp³-hybridized carbons (Fsp3) is 0.296. The molecular formula is C27H25N3O4. The molecule has 4 N–H and O–H groups in total. The first-order valence-corrected chi connectivity index (χ1v) is 11.3. The summed E-state index contributed by atoms with van der Waals surface area (Å²) in [7, 11) is 0. The zero-order chi connectivity index (χ0) is 24.3. The summed E-state index contributed by atoms with van der Waals surface area (Å²) in [4.78, 5) is 27.5. The van der Waals surface area contributed by atoms with Crippen LogP contribution in [0, 0.1) is 17.2 Å². The number of hydrogen-bond acceptors (Lipinski definition) is 6. The van der Waals surface area contributed by atoms with Crippen LogP contribution in [0.2, 0.25) is 0 Å². The Hall–Kier alpha value is -3.89. The molecule has 5 rings (SSSR count). The van der Waals surface area contributed by atoms with E-state index in [0.29, 0.717) is 47.4 Å². The van der Waals surface area contributed by atoms with Crippen LogP contribution in [0.25, 0.3) is 0 Å². The number of nitriles is 1. The van der Waals surface area contributed by atoms with Crippen LogP contribution < -0.4 is 11.1 Å². The third kappa shape index (κ3) is 2.85. The molecule has 1 aliphatic heterocycles. The van der Waals surface area contributed by atoms with Gasteiger partial charge in [0, 0.05) is 28.0 Å². The fourth-order valence-corrected chi connectivity index (χ4v) is 5.17. The standard InChI is InChI=1S/C27H25N3O4/c1-15(2)18-5-3-6-19-22(13-18)34-27(33)20-7-4-8-21(29)23(20)24(31)26(19,27)30-25(32)17-11-9-16(14-28)10-12-17/h3,5,7,9-13,15,33H,4,6,8,29H2,1-2H3,(H,30,32). The third-order valence-corrected chi connectivity index (χ3v) is 6.98. The highest BCUT2D eigenvalue weighted by Gasteiger charge is 2.74. The minimum atomic E-state index is -2.11. The molecule has 0 aromatic heterocycles. The van der Waals surface area contributed by atoms with Gasteiger partial charge in [0.05, 0.1) is 11.6 Å². The minimum absolute atomic E-state index is 0.196. The second-order valence-corrected chi connectivity index (χ2v) is 9.27. The Morgan fingerprint density at radius 1 is 1.29 bits per heavy atom. The van der Waals surface area contributed by atoms with Crippen molar-refractivity contribution in [2.24, 2.45) is 11.7 Å². The van der Waals surface area contributed by atoms with Gasteiger partial charge in [0.2, 0.25) is 5.78 Å². The lowest BCUT2D eigenvalue weighted by atomic mass is 9.81. The number of fused-ring (bicyclic) bond motifs is 4. The van der Waals surface area contributed by atoms with Gasteiger partial charge in [-0.1, -0.05) is 32.1 Å². The molecule has 1 aromatic rings. The molecule has 1 amide bonds. The summed E-state index contributed by atoms with van der Waals surface area (Å²) >= 11 is 0. The average Bonchev–Trinajstić information content (AvgIpc) is 3.03. The summed E-state index contributed by atoms with van der Waals surface area (Å²) < 4.78 is 6.18. The number of aliphatic hydroxyl groups is 1. The van der Waals surface area contributed by atoms with E-state index in [1.807, 2.05) is 38.1 Å². The molecule has 0 spiro atoms. The molecule has 1 saturated carbocycles. The largest absolute Gasteiger partial charge is 0.455 e. The number of ketones is 1. The number of hydrogen-bond donors (Lipinski definition) is 3. The zero-order valence-electron chi connectivity index (χ0n) is 19.0. The maximum atomic E-state index is 14.1. The van der Waals surface area contributed by atoms with Crippen LogP contribution in [-0.2, 0) is 9.53 Å². The molecule has 2 atom stereocenters. The van der Waals surface area contributed by atoms with E-state index in [-0.39, 0.29) is 17.1 Å². The van der Waals surface area contributed by atoms with Crippen LogP contribution in [0.3, 0.4) is 0 Å². The smallest absolute Gasteiger partial charge is 0.270 e. The number of nitrogens with two attached hydrogens (primary N) is 1. The fourth-order valence-electron chi connectivity index (χ4n) is 5.17. The van der Waals surface area contributed by atoms with E-state index in [9.17, 15) is 14.7 Å². The van der Waals surface area contributed by atoms with E-state index < -0.39 is 23.0 Å². The van der Waals surface area contributed by atoms with Gasteiger partial charge in [-0.3, -0.25) is 9.59 Å². The second-order valence-electron chi connectivity index (χ2n) is 9.27. The van der Waals surface area contributed by atoms with Gasteiger partial charge in [0.25, 0.3) is 11.7 Å². The Kier molecular flexibility index (Phi) is 4.88. The maximum Gasteiger partial charge on any atom is 0.270 e. The average molecular weight is 456 g/mol. The van der Waals surface area contributed by atoms with Gasteiger partial charge < -0.3 is 20.9 Å². The lowest BCUT2D eigenvalue weighted by Gasteiger charge is -2.36. The summed E-state index contributed by atoms with van der Waals surface area (Å²) in [5, 5.41) is 23.9. The van der Waals surface area contributed by atoms with Crippen LogP contribution in [-0.4, -0.2) is 28.1 Å². The summed E-state index contributed by atoms with van der Waals surface area (Å²) in [5.41, 5.74) is 7.43. The van der Waals surface area contributed by atoms with E-state index >= 15 is 0 Å². The second kappa shape index (κ2) is 7.57. The first kappa shape index (κ1) is 21.9. The number of benzene rings is 1. The molecule has 4 aliphatic rings. The Balaban J connectivity index is 1.69. The first-order chi connectivity index (χ1) is 16.2. The van der Waals surface area contributed by atoms with E-state index in [2.05, 4.69) is 5.32 Å². The molecule has 7 heteroatoms. The number of amides is 1.